The second kappa shape index (κ2) is 17.6. The molecule has 2 saturated heterocycles. The molecule has 4 atom stereocenters. The van der Waals surface area contributed by atoms with E-state index in [-0.39, 0.29) is 35.7 Å². The summed E-state index contributed by atoms with van der Waals surface area (Å²) < 4.78 is 10.0. The van der Waals surface area contributed by atoms with E-state index < -0.39 is 18.2 Å². The Kier molecular flexibility index (Phi) is 12.4. The van der Waals surface area contributed by atoms with Crippen LogP contribution in [0.25, 0.3) is 28.0 Å². The zero-order valence-electron chi connectivity index (χ0n) is 34.8. The summed E-state index contributed by atoms with van der Waals surface area (Å²) in [6, 6.07) is 16.0. The Balaban J connectivity index is 1.03. The lowest BCUT2D eigenvalue weighted by molar-refractivity contribution is -0.135. The summed E-state index contributed by atoms with van der Waals surface area (Å²) in [4.78, 5) is 56.9. The molecule has 3 aromatic rings. The third-order valence-electron chi connectivity index (χ3n) is 12.2. The summed E-state index contributed by atoms with van der Waals surface area (Å²) in [6.45, 7) is 13.2. The molecule has 1 saturated carbocycles. The molecule has 1 aliphatic carbocycles. The molecule has 0 spiro atoms. The van der Waals surface area contributed by atoms with E-state index in [1.807, 2.05) is 43.7 Å². The smallest absolute Gasteiger partial charge is 0.407 e. The minimum atomic E-state index is -0.677. The van der Waals surface area contributed by atoms with Crippen LogP contribution in [0.1, 0.15) is 96.5 Å². The number of rotatable bonds is 15. The third-order valence-corrected chi connectivity index (χ3v) is 12.2. The minimum absolute atomic E-state index is 0.00559. The van der Waals surface area contributed by atoms with Crippen LogP contribution in [0, 0.1) is 17.8 Å². The van der Waals surface area contributed by atoms with Gasteiger partial charge in [-0.1, -0.05) is 76.2 Å². The van der Waals surface area contributed by atoms with Crippen LogP contribution in [0.3, 0.4) is 0 Å². The maximum atomic E-state index is 13.9. The Labute approximate surface area is 342 Å². The van der Waals surface area contributed by atoms with Crippen molar-refractivity contribution in [1.82, 2.24) is 30.4 Å². The van der Waals surface area contributed by atoms with Gasteiger partial charge in [0.1, 0.15) is 17.9 Å². The van der Waals surface area contributed by atoms with E-state index in [1.54, 1.807) is 7.11 Å². The number of aromatic nitrogens is 2. The van der Waals surface area contributed by atoms with E-state index in [9.17, 15) is 14.4 Å². The van der Waals surface area contributed by atoms with Gasteiger partial charge in [0, 0.05) is 30.9 Å². The van der Waals surface area contributed by atoms with Gasteiger partial charge < -0.3 is 34.9 Å². The molecular weight excluding hydrogens is 731 g/mol. The van der Waals surface area contributed by atoms with Crippen LogP contribution in [0.4, 0.5) is 4.79 Å². The van der Waals surface area contributed by atoms with E-state index >= 15 is 0 Å². The molecule has 3 amide bonds. The second-order valence-corrected chi connectivity index (χ2v) is 16.9. The predicted molar refractivity (Wildman–Crippen MR) is 226 cm³/mol. The number of methoxy groups -OCH3 is 2. The number of likely N-dealkylation sites (tertiary alicyclic amines) is 2. The average molecular weight is 790 g/mol. The number of carbonyl (C=O) groups is 3. The number of hydrogen-bond acceptors (Lipinski definition) is 8. The molecule has 0 radical (unpaired) electrons. The van der Waals surface area contributed by atoms with Gasteiger partial charge in [0.2, 0.25) is 11.8 Å². The summed E-state index contributed by atoms with van der Waals surface area (Å²) in [7, 11) is 2.86. The number of nitrogens with one attached hydrogen (secondary N) is 3. The van der Waals surface area contributed by atoms with Gasteiger partial charge in [0.05, 0.1) is 38.2 Å². The molecule has 4 aliphatic rings. The maximum absolute atomic E-state index is 13.9. The lowest BCUT2D eigenvalue weighted by Gasteiger charge is -2.32. The molecule has 1 aromatic heterocycles. The first-order valence-corrected chi connectivity index (χ1v) is 21.0. The number of allylic oxidation sites excluding steroid dienone is 2. The van der Waals surface area contributed by atoms with Crippen molar-refractivity contribution in [2.75, 3.05) is 27.3 Å². The fourth-order valence-electron chi connectivity index (χ4n) is 8.64. The van der Waals surface area contributed by atoms with Crippen molar-refractivity contribution >= 4 is 29.2 Å². The molecule has 7 rings (SSSR count). The number of H-pyrrole nitrogens is 1. The van der Waals surface area contributed by atoms with Crippen molar-refractivity contribution in [2.24, 2.45) is 22.7 Å². The maximum Gasteiger partial charge on any atom is 0.407 e. The van der Waals surface area contributed by atoms with Crippen molar-refractivity contribution < 1.29 is 23.9 Å². The van der Waals surface area contributed by atoms with Crippen molar-refractivity contribution in [3.05, 3.63) is 84.3 Å². The lowest BCUT2D eigenvalue weighted by atomic mass is 9.94. The number of ether oxygens (including phenoxy) is 2. The van der Waals surface area contributed by atoms with E-state index in [2.05, 4.69) is 70.7 Å². The van der Waals surface area contributed by atoms with E-state index in [0.29, 0.717) is 18.3 Å². The zero-order chi connectivity index (χ0) is 41.1. The third kappa shape index (κ3) is 8.85. The van der Waals surface area contributed by atoms with Crippen molar-refractivity contribution in [2.45, 2.75) is 103 Å². The van der Waals surface area contributed by atoms with Crippen LogP contribution in [-0.4, -0.2) is 88.8 Å². The van der Waals surface area contributed by atoms with Crippen molar-refractivity contribution in [1.29, 1.82) is 0 Å². The monoisotopic (exact) mass is 789 g/mol. The van der Waals surface area contributed by atoms with E-state index in [4.69, 9.17) is 19.5 Å². The van der Waals surface area contributed by atoms with E-state index in [1.165, 1.54) is 36.8 Å². The Morgan fingerprint density at radius 1 is 0.776 bits per heavy atom. The van der Waals surface area contributed by atoms with Crippen LogP contribution in [0.5, 0.6) is 0 Å². The number of benzene rings is 2. The van der Waals surface area contributed by atoms with Crippen molar-refractivity contribution in [3.8, 4) is 22.4 Å². The van der Waals surface area contributed by atoms with Gasteiger partial charge in [-0.15, -0.1) is 0 Å². The standard InChI is InChI=1S/C46H59N7O5/c1-27(2)41(48-29(5)57-6)44(54)52-22-8-10-39(52)37-25-35(36(49-37)24-30-12-13-30)33-18-14-31(15-19-33)32-16-20-34(21-17-32)38-26-47-43(50-38)40-11-9-23-53(40)45(55)42(28(3)4)51-46(56)58-7/h14-21,26-28,30,39-42,48H,5,8-13,22-25H2,1-4,6-7H3,(H,47,50)(H,51,56)/t39-,40-,41-,42-/m0/s1. The SMILES string of the molecule is C=C(N[C@H](C(=O)N1CCC[C@H]1C1=NC(CC2CC2)=C(c2ccc(-c3ccc(-c4cnc([C@@H]5CCCN5C(=O)[C@@H](NC(=O)OC)C(C)C)[nH]4)cc3)cc2)C1)C(C)C)OC. The van der Waals surface area contributed by atoms with E-state index in [0.717, 1.165) is 79.0 Å². The molecule has 58 heavy (non-hydrogen) atoms. The van der Waals surface area contributed by atoms with Gasteiger partial charge in [0.25, 0.3) is 0 Å². The van der Waals surface area contributed by atoms with Crippen LogP contribution in [-0.2, 0) is 19.1 Å². The number of aliphatic imine (C=N–C) groups is 1. The Morgan fingerprint density at radius 2 is 1.33 bits per heavy atom. The fourth-order valence-corrected chi connectivity index (χ4v) is 8.64. The number of alkyl carbamates (subject to hydrolysis) is 1. The second-order valence-electron chi connectivity index (χ2n) is 16.9. The Morgan fingerprint density at radius 3 is 1.90 bits per heavy atom. The Bertz CT molecular complexity index is 2050. The number of imidazole rings is 1. The van der Waals surface area contributed by atoms with Gasteiger partial charge in [0.15, 0.2) is 5.88 Å². The molecule has 308 valence electrons. The highest BCUT2D eigenvalue weighted by atomic mass is 16.5. The molecule has 4 heterocycles. The minimum Gasteiger partial charge on any atom is -0.483 e. The fraction of sp³-hybridized carbons (Fsp3) is 0.500. The summed E-state index contributed by atoms with van der Waals surface area (Å²) in [5.74, 6) is 1.78. The van der Waals surface area contributed by atoms with Crippen LogP contribution >= 0.6 is 0 Å². The van der Waals surface area contributed by atoms with Gasteiger partial charge in [-0.05, 0) is 97.1 Å². The first-order chi connectivity index (χ1) is 27.9. The van der Waals surface area contributed by atoms with Gasteiger partial charge in [-0.2, -0.15) is 0 Å². The number of amides is 3. The summed E-state index contributed by atoms with van der Waals surface area (Å²) >= 11 is 0. The molecule has 0 unspecified atom stereocenters. The van der Waals surface area contributed by atoms with Gasteiger partial charge in [-0.25, -0.2) is 9.78 Å². The first-order valence-electron chi connectivity index (χ1n) is 21.0. The molecule has 0 bridgehead atoms. The molecule has 3 N–H and O–H groups in total. The lowest BCUT2D eigenvalue weighted by Crippen LogP contribution is -2.52. The molecular formula is C46H59N7O5. The molecule has 3 aliphatic heterocycles. The summed E-state index contributed by atoms with van der Waals surface area (Å²) in [6.07, 6.45) is 9.01. The highest BCUT2D eigenvalue weighted by Gasteiger charge is 2.40. The number of nitrogens with zero attached hydrogens (tertiary/aromatic N) is 4. The van der Waals surface area contributed by atoms with Crippen LogP contribution < -0.4 is 10.6 Å². The molecule has 2 aromatic carbocycles. The first kappa shape index (κ1) is 40.8. The molecule has 12 heteroatoms. The number of carbonyl (C=O) groups excluding carboxylic acids is 3. The average Bonchev–Trinajstić information content (AvgIpc) is 3.69. The van der Waals surface area contributed by atoms with Gasteiger partial charge >= 0.3 is 6.09 Å². The van der Waals surface area contributed by atoms with Crippen molar-refractivity contribution in [3.63, 3.8) is 0 Å². The number of hydrogen-bond donors (Lipinski definition) is 3. The summed E-state index contributed by atoms with van der Waals surface area (Å²) in [5, 5.41) is 5.91. The number of aromatic amines is 1. The highest BCUT2D eigenvalue weighted by Crippen LogP contribution is 2.43. The normalized spacial score (nSPS) is 20.4. The quantitative estimate of drug-likeness (QED) is 0.133. The molecule has 3 fully saturated rings. The van der Waals surface area contributed by atoms with Gasteiger partial charge in [-0.3, -0.25) is 14.6 Å². The highest BCUT2D eigenvalue weighted by molar-refractivity contribution is 6.05. The zero-order valence-corrected chi connectivity index (χ0v) is 34.8. The predicted octanol–water partition coefficient (Wildman–Crippen LogP) is 7.87. The summed E-state index contributed by atoms with van der Waals surface area (Å²) in [5.41, 5.74) is 8.89. The van der Waals surface area contributed by atoms with Crippen LogP contribution in [0.15, 0.2) is 77.9 Å². The Hall–Kier alpha value is -5.39. The topological polar surface area (TPSA) is 141 Å². The van der Waals surface area contributed by atoms with Crippen LogP contribution in [0.2, 0.25) is 0 Å². The largest absolute Gasteiger partial charge is 0.483 e. The molecule has 12 nitrogen and oxygen atoms in total.